The van der Waals surface area contributed by atoms with E-state index >= 15 is 0 Å². The lowest BCUT2D eigenvalue weighted by Gasteiger charge is -2.20. The predicted molar refractivity (Wildman–Crippen MR) is 120 cm³/mol. The summed E-state index contributed by atoms with van der Waals surface area (Å²) in [5, 5.41) is 3.78. The fourth-order valence-corrected chi connectivity index (χ4v) is 4.37. The number of carbonyl (C=O) groups excluding carboxylic acids is 3. The second-order valence-corrected chi connectivity index (χ2v) is 8.71. The van der Waals surface area contributed by atoms with Crippen LogP contribution in [0.3, 0.4) is 0 Å². The summed E-state index contributed by atoms with van der Waals surface area (Å²) in [5.41, 5.74) is 5.70. The average molecular weight is 465 g/mol. The summed E-state index contributed by atoms with van der Waals surface area (Å²) >= 11 is 8.72. The van der Waals surface area contributed by atoms with Gasteiger partial charge in [0.1, 0.15) is 11.4 Å². The van der Waals surface area contributed by atoms with Gasteiger partial charge in [-0.1, -0.05) is 29.4 Å². The van der Waals surface area contributed by atoms with Crippen molar-refractivity contribution in [1.29, 1.82) is 0 Å². The van der Waals surface area contributed by atoms with Gasteiger partial charge in [0.05, 0.1) is 23.1 Å². The molecule has 3 N–H and O–H groups in total. The average Bonchev–Trinajstić information content (AvgIpc) is 3.30. The summed E-state index contributed by atoms with van der Waals surface area (Å²) < 4.78 is 5.16. The number of aliphatic imine (C=N–C) groups is 1. The van der Waals surface area contributed by atoms with Crippen molar-refractivity contribution < 1.29 is 19.1 Å². The van der Waals surface area contributed by atoms with Crippen LogP contribution in [0.4, 0.5) is 10.5 Å². The number of amidine groups is 1. The van der Waals surface area contributed by atoms with Crippen LogP contribution in [-0.4, -0.2) is 35.4 Å². The van der Waals surface area contributed by atoms with Crippen LogP contribution >= 0.6 is 34.7 Å². The van der Waals surface area contributed by atoms with Gasteiger partial charge in [-0.3, -0.25) is 19.8 Å². The van der Waals surface area contributed by atoms with Crippen LogP contribution in [0.1, 0.15) is 11.8 Å². The fraction of sp³-hybridized carbons (Fsp3) is 0.158. The Morgan fingerprint density at radius 1 is 1.40 bits per heavy atom. The predicted octanol–water partition coefficient (Wildman–Crippen LogP) is 3.47. The number of nitrogens with zero attached hydrogens (tertiary/aromatic N) is 2. The molecule has 0 fully saturated rings. The van der Waals surface area contributed by atoms with Gasteiger partial charge in [-0.25, -0.2) is 9.79 Å². The lowest BCUT2D eigenvalue weighted by Crippen LogP contribution is -2.41. The Kier molecular flexibility index (Phi) is 6.80. The van der Waals surface area contributed by atoms with Crippen LogP contribution in [0, 0.1) is 0 Å². The molecule has 0 spiro atoms. The zero-order valence-corrected chi connectivity index (χ0v) is 18.3. The lowest BCUT2D eigenvalue weighted by atomic mass is 10.2. The Balaban J connectivity index is 1.96. The summed E-state index contributed by atoms with van der Waals surface area (Å²) in [6.07, 6.45) is 1.67. The second-order valence-electron chi connectivity index (χ2n) is 6.01. The van der Waals surface area contributed by atoms with Crippen LogP contribution in [0.15, 0.2) is 46.4 Å². The number of primary amides is 1. The molecule has 0 radical (unpaired) electrons. The first kappa shape index (κ1) is 21.9. The SMILES string of the molecule is COc1ccc(N2C(=O)/C(=C\c3cccs3)N=C2SC(C)C(=O)NC(N)=O)cc1Cl. The van der Waals surface area contributed by atoms with E-state index in [1.165, 1.54) is 23.3 Å². The number of carbonyl (C=O) groups is 3. The van der Waals surface area contributed by atoms with E-state index in [1.807, 2.05) is 22.8 Å². The molecule has 1 aliphatic heterocycles. The molecule has 8 nitrogen and oxygen atoms in total. The molecule has 11 heteroatoms. The van der Waals surface area contributed by atoms with Crippen molar-refractivity contribution in [2.75, 3.05) is 12.0 Å². The number of nitrogens with one attached hydrogen (secondary N) is 1. The number of nitrogens with two attached hydrogens (primary N) is 1. The van der Waals surface area contributed by atoms with Gasteiger partial charge in [0.2, 0.25) is 5.91 Å². The van der Waals surface area contributed by atoms with E-state index in [0.717, 1.165) is 16.6 Å². The number of halogens is 1. The summed E-state index contributed by atoms with van der Waals surface area (Å²) in [6.45, 7) is 1.58. The van der Waals surface area contributed by atoms with Crippen LogP contribution in [0.25, 0.3) is 6.08 Å². The molecular weight excluding hydrogens is 448 g/mol. The molecule has 1 unspecified atom stereocenters. The summed E-state index contributed by atoms with van der Waals surface area (Å²) in [5.74, 6) is -0.498. The van der Waals surface area contributed by atoms with Crippen molar-refractivity contribution in [3.8, 4) is 5.75 Å². The molecule has 0 saturated carbocycles. The van der Waals surface area contributed by atoms with E-state index in [0.29, 0.717) is 16.5 Å². The minimum absolute atomic E-state index is 0.217. The number of thioether (sulfide) groups is 1. The number of methoxy groups -OCH3 is 1. The number of hydrogen-bond donors (Lipinski definition) is 2. The largest absolute Gasteiger partial charge is 0.495 e. The highest BCUT2D eigenvalue weighted by molar-refractivity contribution is 8.15. The van der Waals surface area contributed by atoms with Crippen molar-refractivity contribution >= 4 is 69.5 Å². The molecule has 4 amide bonds. The fourth-order valence-electron chi connectivity index (χ4n) is 2.54. The number of anilines is 1. The highest BCUT2D eigenvalue weighted by atomic mass is 35.5. The van der Waals surface area contributed by atoms with Crippen LogP contribution in [0.2, 0.25) is 5.02 Å². The number of urea groups is 1. The zero-order valence-electron chi connectivity index (χ0n) is 15.9. The van der Waals surface area contributed by atoms with Crippen LogP contribution in [-0.2, 0) is 9.59 Å². The maximum atomic E-state index is 13.1. The first-order valence-electron chi connectivity index (χ1n) is 8.59. The smallest absolute Gasteiger partial charge is 0.318 e. The minimum Gasteiger partial charge on any atom is -0.495 e. The normalized spacial score (nSPS) is 15.8. The summed E-state index contributed by atoms with van der Waals surface area (Å²) in [6, 6.07) is 7.67. The number of rotatable bonds is 5. The molecule has 0 bridgehead atoms. The molecule has 1 aromatic heterocycles. The second kappa shape index (κ2) is 9.33. The van der Waals surface area contributed by atoms with Gasteiger partial charge in [0, 0.05) is 4.88 Å². The van der Waals surface area contributed by atoms with Gasteiger partial charge in [0.25, 0.3) is 5.91 Å². The maximum absolute atomic E-state index is 13.1. The first-order valence-corrected chi connectivity index (χ1v) is 10.7. The third kappa shape index (κ3) is 4.84. The molecule has 1 aromatic carbocycles. The zero-order chi connectivity index (χ0) is 21.8. The quantitative estimate of drug-likeness (QED) is 0.657. The molecule has 3 rings (SSSR count). The van der Waals surface area contributed by atoms with Crippen molar-refractivity contribution in [2.24, 2.45) is 10.7 Å². The van der Waals surface area contributed by atoms with E-state index in [1.54, 1.807) is 31.2 Å². The Hall–Kier alpha value is -2.82. The van der Waals surface area contributed by atoms with Gasteiger partial charge in [-0.15, -0.1) is 11.3 Å². The van der Waals surface area contributed by atoms with Crippen molar-refractivity contribution in [2.45, 2.75) is 12.2 Å². The van der Waals surface area contributed by atoms with E-state index in [4.69, 9.17) is 22.1 Å². The third-order valence-corrected chi connectivity index (χ3v) is 6.11. The van der Waals surface area contributed by atoms with Gasteiger partial charge >= 0.3 is 6.03 Å². The Labute approximate surface area is 185 Å². The Bertz CT molecular complexity index is 1050. The van der Waals surface area contributed by atoms with Gasteiger partial charge in [-0.05, 0) is 42.6 Å². The highest BCUT2D eigenvalue weighted by Gasteiger charge is 2.34. The summed E-state index contributed by atoms with van der Waals surface area (Å²) in [7, 11) is 1.49. The topological polar surface area (TPSA) is 114 Å². The van der Waals surface area contributed by atoms with E-state index in [-0.39, 0.29) is 16.8 Å². The van der Waals surface area contributed by atoms with Gasteiger partial charge in [0.15, 0.2) is 5.17 Å². The van der Waals surface area contributed by atoms with Crippen molar-refractivity contribution in [3.05, 3.63) is 51.3 Å². The number of hydrogen-bond acceptors (Lipinski definition) is 7. The molecule has 30 heavy (non-hydrogen) atoms. The molecule has 2 aromatic rings. The van der Waals surface area contributed by atoms with Crippen molar-refractivity contribution in [1.82, 2.24) is 5.32 Å². The molecule has 0 saturated heterocycles. The van der Waals surface area contributed by atoms with Crippen LogP contribution in [0.5, 0.6) is 5.75 Å². The number of thiophene rings is 1. The molecule has 1 aliphatic rings. The van der Waals surface area contributed by atoms with E-state index in [2.05, 4.69) is 4.99 Å². The minimum atomic E-state index is -0.950. The monoisotopic (exact) mass is 464 g/mol. The van der Waals surface area contributed by atoms with E-state index < -0.39 is 17.2 Å². The Morgan fingerprint density at radius 3 is 2.77 bits per heavy atom. The number of ether oxygens (including phenoxy) is 1. The lowest BCUT2D eigenvalue weighted by molar-refractivity contribution is -0.119. The number of amides is 4. The molecule has 156 valence electrons. The molecule has 1 atom stereocenters. The maximum Gasteiger partial charge on any atom is 0.318 e. The van der Waals surface area contributed by atoms with E-state index in [9.17, 15) is 14.4 Å². The van der Waals surface area contributed by atoms with Gasteiger partial charge in [-0.2, -0.15) is 0 Å². The van der Waals surface area contributed by atoms with Crippen molar-refractivity contribution in [3.63, 3.8) is 0 Å². The third-order valence-electron chi connectivity index (χ3n) is 3.94. The Morgan fingerprint density at radius 2 is 2.17 bits per heavy atom. The summed E-state index contributed by atoms with van der Waals surface area (Å²) in [4.78, 5) is 42.8. The molecule has 2 heterocycles. The molecular formula is C19H17ClN4O4S2. The van der Waals surface area contributed by atoms with Gasteiger partial charge < -0.3 is 10.5 Å². The number of imide groups is 1. The number of benzene rings is 1. The standard InChI is InChI=1S/C19H17ClN4O4S2/c1-10(16(25)23-18(21)27)30-19-22-14(9-12-4-3-7-29-12)17(26)24(19)11-5-6-15(28-2)13(20)8-11/h3-10H,1-2H3,(H3,21,23,25,27)/b14-9+. The molecule has 0 aliphatic carbocycles. The highest BCUT2D eigenvalue weighted by Crippen LogP contribution is 2.35. The van der Waals surface area contributed by atoms with Crippen LogP contribution < -0.4 is 20.7 Å². The first-order chi connectivity index (χ1) is 14.3.